The molecular formula is C26H31NO5S. The van der Waals surface area contributed by atoms with E-state index in [1.807, 2.05) is 36.4 Å². The molecule has 2 heterocycles. The topological polar surface area (TPSA) is 91.8 Å². The predicted molar refractivity (Wildman–Crippen MR) is 130 cm³/mol. The SMILES string of the molecule is CC1(CCOc2ccc(Cc3sc(=O)[nH]c3O)cc2)CCc2cc(O)c(C(C)(C)C)cc2O1. The highest BCUT2D eigenvalue weighted by Crippen LogP contribution is 2.41. The molecule has 3 aromatic rings. The maximum absolute atomic E-state index is 11.3. The largest absolute Gasteiger partial charge is 0.508 e. The van der Waals surface area contributed by atoms with Crippen molar-refractivity contribution >= 4 is 11.3 Å². The molecule has 0 bridgehead atoms. The van der Waals surface area contributed by atoms with E-state index in [-0.39, 0.29) is 21.8 Å². The summed E-state index contributed by atoms with van der Waals surface area (Å²) in [7, 11) is 0. The third kappa shape index (κ3) is 5.36. The summed E-state index contributed by atoms with van der Waals surface area (Å²) in [5, 5.41) is 20.2. The zero-order chi connectivity index (χ0) is 23.8. The molecule has 1 aliphatic rings. The van der Waals surface area contributed by atoms with Crippen LogP contribution in [0.3, 0.4) is 0 Å². The first-order chi connectivity index (χ1) is 15.5. The molecule has 1 aliphatic heterocycles. The number of ether oxygens (including phenoxy) is 2. The van der Waals surface area contributed by atoms with Crippen molar-refractivity contribution in [2.45, 2.75) is 64.4 Å². The molecule has 6 nitrogen and oxygen atoms in total. The first kappa shape index (κ1) is 23.2. The van der Waals surface area contributed by atoms with Gasteiger partial charge in [-0.2, -0.15) is 0 Å². The quantitative estimate of drug-likeness (QED) is 0.456. The second-order valence-electron chi connectivity index (χ2n) is 9.98. The molecule has 0 aliphatic carbocycles. The van der Waals surface area contributed by atoms with Crippen LogP contribution < -0.4 is 14.3 Å². The van der Waals surface area contributed by atoms with Crippen molar-refractivity contribution in [2.24, 2.45) is 0 Å². The summed E-state index contributed by atoms with van der Waals surface area (Å²) in [6.07, 6.45) is 2.95. The summed E-state index contributed by atoms with van der Waals surface area (Å²) in [6, 6.07) is 11.5. The molecule has 1 aromatic heterocycles. The number of benzene rings is 2. The number of hydrogen-bond donors (Lipinski definition) is 3. The molecule has 33 heavy (non-hydrogen) atoms. The smallest absolute Gasteiger partial charge is 0.307 e. The highest BCUT2D eigenvalue weighted by molar-refractivity contribution is 7.09. The van der Waals surface area contributed by atoms with Gasteiger partial charge in [0.2, 0.25) is 5.88 Å². The monoisotopic (exact) mass is 469 g/mol. The van der Waals surface area contributed by atoms with Gasteiger partial charge in [-0.15, -0.1) is 0 Å². The summed E-state index contributed by atoms with van der Waals surface area (Å²) < 4.78 is 12.4. The molecule has 0 saturated carbocycles. The summed E-state index contributed by atoms with van der Waals surface area (Å²) in [6.45, 7) is 8.88. The summed E-state index contributed by atoms with van der Waals surface area (Å²) >= 11 is 1.02. The second kappa shape index (κ2) is 8.78. The van der Waals surface area contributed by atoms with Gasteiger partial charge in [0.15, 0.2) is 0 Å². The van der Waals surface area contributed by atoms with E-state index in [9.17, 15) is 15.0 Å². The Morgan fingerprint density at radius 3 is 2.55 bits per heavy atom. The van der Waals surface area contributed by atoms with Gasteiger partial charge in [0.05, 0.1) is 11.5 Å². The number of phenols is 1. The minimum absolute atomic E-state index is 0.0579. The van der Waals surface area contributed by atoms with E-state index in [1.165, 1.54) is 0 Å². The molecule has 4 rings (SSSR count). The van der Waals surface area contributed by atoms with Crippen LogP contribution in [0.4, 0.5) is 0 Å². The van der Waals surface area contributed by atoms with E-state index in [4.69, 9.17) is 9.47 Å². The molecule has 3 N–H and O–H groups in total. The number of H-pyrrole nitrogens is 1. The second-order valence-corrected chi connectivity index (χ2v) is 11.1. The molecule has 1 atom stereocenters. The van der Waals surface area contributed by atoms with Crippen LogP contribution in [0.1, 0.15) is 62.1 Å². The van der Waals surface area contributed by atoms with Crippen molar-refractivity contribution in [3.8, 4) is 23.1 Å². The Morgan fingerprint density at radius 2 is 1.91 bits per heavy atom. The molecule has 2 aromatic carbocycles. The van der Waals surface area contributed by atoms with E-state index in [2.05, 4.69) is 32.7 Å². The van der Waals surface area contributed by atoms with Crippen LogP contribution in [-0.2, 0) is 18.3 Å². The van der Waals surface area contributed by atoms with Crippen LogP contribution in [0.5, 0.6) is 23.1 Å². The van der Waals surface area contributed by atoms with Crippen LogP contribution in [0.25, 0.3) is 0 Å². The number of nitrogens with one attached hydrogen (secondary N) is 1. The van der Waals surface area contributed by atoms with Gasteiger partial charge in [0, 0.05) is 18.4 Å². The number of aryl methyl sites for hydroxylation is 1. The summed E-state index contributed by atoms with van der Waals surface area (Å²) in [5.41, 5.74) is 2.44. The van der Waals surface area contributed by atoms with Crippen molar-refractivity contribution in [1.82, 2.24) is 4.98 Å². The Labute approximate surface area is 197 Å². The van der Waals surface area contributed by atoms with Crippen LogP contribution in [0.15, 0.2) is 41.2 Å². The highest BCUT2D eigenvalue weighted by atomic mass is 32.1. The Hall–Kier alpha value is -2.93. The van der Waals surface area contributed by atoms with E-state index in [1.54, 1.807) is 0 Å². The maximum atomic E-state index is 11.3. The average molecular weight is 470 g/mol. The van der Waals surface area contributed by atoms with Gasteiger partial charge in [0.1, 0.15) is 22.8 Å². The standard InChI is InChI=1S/C26H31NO5S/c1-25(2,3)19-15-21-17(14-20(19)28)9-10-26(4,32-21)11-12-31-18-7-5-16(6-8-18)13-22-23(29)27-24(30)33-22/h5-8,14-15,28-29H,9-13H2,1-4H3,(H,27,30). The lowest BCUT2D eigenvalue weighted by Crippen LogP contribution is -2.38. The molecule has 0 fully saturated rings. The molecule has 0 saturated heterocycles. The Morgan fingerprint density at radius 1 is 1.18 bits per heavy atom. The van der Waals surface area contributed by atoms with Crippen molar-refractivity contribution in [2.75, 3.05) is 6.61 Å². The molecule has 0 amide bonds. The zero-order valence-corrected chi connectivity index (χ0v) is 20.3. The van der Waals surface area contributed by atoms with Gasteiger partial charge in [-0.05, 0) is 60.6 Å². The van der Waals surface area contributed by atoms with E-state index in [0.717, 1.165) is 58.8 Å². The summed E-state index contributed by atoms with van der Waals surface area (Å²) in [5.74, 6) is 1.90. The lowest BCUT2D eigenvalue weighted by molar-refractivity contribution is 0.0420. The van der Waals surface area contributed by atoms with Crippen LogP contribution in [0, 0.1) is 0 Å². The van der Waals surface area contributed by atoms with Crippen molar-refractivity contribution < 1.29 is 19.7 Å². The molecule has 176 valence electrons. The number of aromatic amines is 1. The first-order valence-corrected chi connectivity index (χ1v) is 12.0. The van der Waals surface area contributed by atoms with Crippen LogP contribution in [0.2, 0.25) is 0 Å². The molecule has 0 spiro atoms. The Balaban J connectivity index is 1.35. The molecular weight excluding hydrogens is 438 g/mol. The van der Waals surface area contributed by atoms with Crippen LogP contribution >= 0.6 is 11.3 Å². The van der Waals surface area contributed by atoms with E-state index >= 15 is 0 Å². The van der Waals surface area contributed by atoms with Crippen molar-refractivity contribution in [3.05, 3.63) is 67.6 Å². The average Bonchev–Trinajstić information content (AvgIpc) is 3.05. The number of thiazole rings is 1. The predicted octanol–water partition coefficient (Wildman–Crippen LogP) is 5.29. The van der Waals surface area contributed by atoms with Gasteiger partial charge in [-0.1, -0.05) is 44.2 Å². The Bertz CT molecular complexity index is 1190. The third-order valence-electron chi connectivity index (χ3n) is 6.15. The van der Waals surface area contributed by atoms with Gasteiger partial charge >= 0.3 is 4.87 Å². The van der Waals surface area contributed by atoms with E-state index < -0.39 is 0 Å². The van der Waals surface area contributed by atoms with Gasteiger partial charge in [-0.3, -0.25) is 9.78 Å². The van der Waals surface area contributed by atoms with Gasteiger partial charge < -0.3 is 19.7 Å². The lowest BCUT2D eigenvalue weighted by Gasteiger charge is -2.37. The maximum Gasteiger partial charge on any atom is 0.307 e. The number of fused-ring (bicyclic) bond motifs is 1. The number of aromatic hydroxyl groups is 2. The fourth-order valence-corrected chi connectivity index (χ4v) is 4.90. The highest BCUT2D eigenvalue weighted by Gasteiger charge is 2.33. The van der Waals surface area contributed by atoms with E-state index in [0.29, 0.717) is 23.7 Å². The number of hydrogen-bond acceptors (Lipinski definition) is 6. The molecule has 0 radical (unpaired) electrons. The van der Waals surface area contributed by atoms with Crippen molar-refractivity contribution in [1.29, 1.82) is 0 Å². The minimum Gasteiger partial charge on any atom is -0.508 e. The molecule has 7 heteroatoms. The third-order valence-corrected chi connectivity index (χ3v) is 7.03. The fraction of sp³-hybridized carbons (Fsp3) is 0.423. The number of rotatable bonds is 6. The van der Waals surface area contributed by atoms with Crippen molar-refractivity contribution in [3.63, 3.8) is 0 Å². The van der Waals surface area contributed by atoms with Gasteiger partial charge in [-0.25, -0.2) is 0 Å². The van der Waals surface area contributed by atoms with Gasteiger partial charge in [0.25, 0.3) is 0 Å². The normalized spacial score (nSPS) is 17.9. The minimum atomic E-state index is -0.331. The Kier molecular flexibility index (Phi) is 6.18. The summed E-state index contributed by atoms with van der Waals surface area (Å²) in [4.78, 5) is 14.1. The zero-order valence-electron chi connectivity index (χ0n) is 19.5. The first-order valence-electron chi connectivity index (χ1n) is 11.2. The number of aromatic nitrogens is 1. The number of phenolic OH excluding ortho intramolecular Hbond substituents is 1. The van der Waals surface area contributed by atoms with Crippen LogP contribution in [-0.4, -0.2) is 27.4 Å². The fourth-order valence-electron chi connectivity index (χ4n) is 4.14. The lowest BCUT2D eigenvalue weighted by atomic mass is 9.83. The molecule has 1 unspecified atom stereocenters.